The lowest BCUT2D eigenvalue weighted by atomic mass is 9.96. The molecule has 3 aliphatic rings. The Morgan fingerprint density at radius 3 is 1.41 bits per heavy atom. The second kappa shape index (κ2) is 37.1. The van der Waals surface area contributed by atoms with Crippen molar-refractivity contribution in [3.05, 3.63) is 24.3 Å². The lowest BCUT2D eigenvalue weighted by Crippen LogP contribution is -2.66. The number of nitrogens with one attached hydrogen (secondary N) is 1. The molecule has 0 aromatic rings. The first-order valence-electron chi connectivity index (χ1n) is 27.1. The number of aliphatic hydroxyl groups excluding tert-OH is 11. The fourth-order valence-corrected chi connectivity index (χ4v) is 9.20. The van der Waals surface area contributed by atoms with Crippen molar-refractivity contribution in [1.29, 1.82) is 0 Å². The van der Waals surface area contributed by atoms with Crippen LogP contribution < -0.4 is 5.32 Å². The van der Waals surface area contributed by atoms with Crippen LogP contribution in [-0.4, -0.2) is 193 Å². The normalized spacial score (nSPS) is 32.4. The number of allylic oxidation sites excluding steroid dienone is 3. The van der Waals surface area contributed by atoms with Crippen LogP contribution in [0.15, 0.2) is 24.3 Å². The highest BCUT2D eigenvalue weighted by Gasteiger charge is 2.53. The van der Waals surface area contributed by atoms with E-state index in [1.807, 2.05) is 6.08 Å². The third-order valence-corrected chi connectivity index (χ3v) is 13.8. The van der Waals surface area contributed by atoms with Gasteiger partial charge in [-0.15, -0.1) is 0 Å². The Bertz CT molecular complexity index is 1410. The Hall–Kier alpha value is -1.73. The molecule has 3 rings (SSSR count). The van der Waals surface area contributed by atoms with E-state index in [1.54, 1.807) is 6.08 Å². The summed E-state index contributed by atoms with van der Waals surface area (Å²) >= 11 is 0. The third-order valence-electron chi connectivity index (χ3n) is 13.8. The number of hydrogen-bond acceptors (Lipinski definition) is 18. The summed E-state index contributed by atoms with van der Waals surface area (Å²) in [5, 5.41) is 120. The first-order chi connectivity index (χ1) is 34.3. The quantitative estimate of drug-likeness (QED) is 0.0313. The SMILES string of the molecule is CCCCCCCCCC/C=C/CC/C=C/C(O)C(COC1OC(CO)C(OC2OC(CO)C(OC3OC(CO)C(O)C(O)C3O)C(O)C2O)C(O)C1O)NC(=O)CCCCCCCCCCCCCC. The van der Waals surface area contributed by atoms with Crippen molar-refractivity contribution in [3.8, 4) is 0 Å². The Balaban J connectivity index is 1.56. The maximum Gasteiger partial charge on any atom is 0.220 e. The summed E-state index contributed by atoms with van der Waals surface area (Å²) in [4.78, 5) is 13.2. The van der Waals surface area contributed by atoms with Crippen LogP contribution in [0.2, 0.25) is 0 Å². The summed E-state index contributed by atoms with van der Waals surface area (Å²) in [5.74, 6) is -0.288. The van der Waals surface area contributed by atoms with Gasteiger partial charge in [0.05, 0.1) is 38.6 Å². The van der Waals surface area contributed by atoms with Gasteiger partial charge in [-0.3, -0.25) is 4.79 Å². The van der Waals surface area contributed by atoms with Gasteiger partial charge in [0.2, 0.25) is 5.91 Å². The maximum atomic E-state index is 13.2. The molecule has 17 atom stereocenters. The third kappa shape index (κ3) is 22.6. The lowest BCUT2D eigenvalue weighted by molar-refractivity contribution is -0.379. The van der Waals surface area contributed by atoms with E-state index in [-0.39, 0.29) is 18.9 Å². The Morgan fingerprint density at radius 1 is 0.493 bits per heavy atom. The molecule has 19 nitrogen and oxygen atoms in total. The van der Waals surface area contributed by atoms with Gasteiger partial charge in [-0.05, 0) is 32.1 Å². The molecule has 0 aromatic heterocycles. The van der Waals surface area contributed by atoms with Crippen molar-refractivity contribution in [3.63, 3.8) is 0 Å². The van der Waals surface area contributed by atoms with Crippen LogP contribution >= 0.6 is 0 Å². The smallest absolute Gasteiger partial charge is 0.220 e. The van der Waals surface area contributed by atoms with Gasteiger partial charge in [0.15, 0.2) is 18.9 Å². The summed E-state index contributed by atoms with van der Waals surface area (Å²) in [6.07, 6.45) is 7.50. The van der Waals surface area contributed by atoms with Crippen molar-refractivity contribution >= 4 is 5.91 Å². The molecule has 1 amide bonds. The zero-order valence-corrected chi connectivity index (χ0v) is 42.7. The van der Waals surface area contributed by atoms with Gasteiger partial charge in [-0.1, -0.05) is 154 Å². The molecule has 12 N–H and O–H groups in total. The van der Waals surface area contributed by atoms with Gasteiger partial charge in [0.25, 0.3) is 0 Å². The molecule has 3 fully saturated rings. The standard InChI is InChI=1S/C52H95NO18/c1-3-5-7-9-11-13-15-17-18-19-21-23-25-27-29-36(57)35(53-40(58)30-28-26-24-22-20-16-14-12-10-8-6-4-2)34-66-50-46(64)43(61)48(38(32-55)68-50)71-52-47(65)44(62)49(39(33-56)69-52)70-51-45(63)42(60)41(59)37(31-54)67-51/h19,21,27,29,35-39,41-52,54-57,59-65H,3-18,20,22-26,28,30-34H2,1-2H3,(H,53,58)/b21-19+,29-27+. The fourth-order valence-electron chi connectivity index (χ4n) is 9.20. The molecule has 3 saturated heterocycles. The number of carbonyl (C=O) groups is 1. The number of ether oxygens (including phenoxy) is 6. The van der Waals surface area contributed by atoms with Crippen LogP contribution in [0, 0.1) is 0 Å². The topological polar surface area (TPSA) is 307 Å². The minimum absolute atomic E-state index is 0.239. The number of carbonyl (C=O) groups excluding carboxylic acids is 1. The van der Waals surface area contributed by atoms with Crippen LogP contribution in [-0.2, 0) is 33.2 Å². The van der Waals surface area contributed by atoms with Crippen LogP contribution in [0.1, 0.15) is 168 Å². The maximum absolute atomic E-state index is 13.2. The lowest BCUT2D eigenvalue weighted by Gasteiger charge is -2.48. The minimum Gasteiger partial charge on any atom is -0.394 e. The van der Waals surface area contributed by atoms with Crippen molar-refractivity contribution in [2.24, 2.45) is 0 Å². The van der Waals surface area contributed by atoms with Crippen molar-refractivity contribution < 1.29 is 89.4 Å². The largest absolute Gasteiger partial charge is 0.394 e. The van der Waals surface area contributed by atoms with Crippen molar-refractivity contribution in [2.45, 2.75) is 272 Å². The van der Waals surface area contributed by atoms with Gasteiger partial charge >= 0.3 is 0 Å². The first-order valence-corrected chi connectivity index (χ1v) is 27.1. The molecular formula is C52H95NO18. The number of hydrogen-bond donors (Lipinski definition) is 12. The summed E-state index contributed by atoms with van der Waals surface area (Å²) in [5.41, 5.74) is 0. The predicted octanol–water partition coefficient (Wildman–Crippen LogP) is 2.81. The van der Waals surface area contributed by atoms with E-state index in [9.17, 15) is 61.0 Å². The Kier molecular flexibility index (Phi) is 33.2. The van der Waals surface area contributed by atoms with E-state index < -0.39 is 124 Å². The van der Waals surface area contributed by atoms with Crippen molar-refractivity contribution in [1.82, 2.24) is 5.32 Å². The van der Waals surface area contributed by atoms with E-state index in [0.29, 0.717) is 12.8 Å². The van der Waals surface area contributed by atoms with Crippen molar-refractivity contribution in [2.75, 3.05) is 26.4 Å². The molecule has 3 heterocycles. The second-order valence-corrected chi connectivity index (χ2v) is 19.7. The van der Waals surface area contributed by atoms with Gasteiger partial charge in [-0.25, -0.2) is 0 Å². The van der Waals surface area contributed by atoms with Gasteiger partial charge in [0.1, 0.15) is 73.2 Å². The minimum atomic E-state index is -1.98. The second-order valence-electron chi connectivity index (χ2n) is 19.7. The van der Waals surface area contributed by atoms with E-state index >= 15 is 0 Å². The number of amides is 1. The average molecular weight is 1020 g/mol. The molecule has 0 spiro atoms. The number of rotatable bonds is 38. The Morgan fingerprint density at radius 2 is 0.901 bits per heavy atom. The molecule has 0 radical (unpaired) electrons. The van der Waals surface area contributed by atoms with Gasteiger partial charge in [-0.2, -0.15) is 0 Å². The molecule has 71 heavy (non-hydrogen) atoms. The molecule has 0 saturated carbocycles. The number of aliphatic hydroxyl groups is 11. The van der Waals surface area contributed by atoms with E-state index in [1.165, 1.54) is 96.3 Å². The highest BCUT2D eigenvalue weighted by molar-refractivity contribution is 5.76. The summed E-state index contributed by atoms with van der Waals surface area (Å²) in [6.45, 7) is 1.66. The monoisotopic (exact) mass is 1020 g/mol. The van der Waals surface area contributed by atoms with Crippen LogP contribution in [0.3, 0.4) is 0 Å². The molecule has 0 bridgehead atoms. The molecule has 19 heteroatoms. The van der Waals surface area contributed by atoms with Gasteiger partial charge in [0, 0.05) is 6.42 Å². The summed E-state index contributed by atoms with van der Waals surface area (Å²) < 4.78 is 34.1. The van der Waals surface area contributed by atoms with E-state index in [2.05, 4.69) is 31.3 Å². The van der Waals surface area contributed by atoms with Crippen LogP contribution in [0.4, 0.5) is 0 Å². The molecule has 416 valence electrons. The van der Waals surface area contributed by atoms with Crippen LogP contribution in [0.5, 0.6) is 0 Å². The average Bonchev–Trinajstić information content (AvgIpc) is 3.36. The molecule has 17 unspecified atom stereocenters. The first kappa shape index (κ1) is 63.6. The summed E-state index contributed by atoms with van der Waals surface area (Å²) in [7, 11) is 0. The zero-order valence-electron chi connectivity index (χ0n) is 42.7. The van der Waals surface area contributed by atoms with E-state index in [0.717, 1.165) is 38.5 Å². The molecular weight excluding hydrogens is 927 g/mol. The predicted molar refractivity (Wildman–Crippen MR) is 263 cm³/mol. The van der Waals surface area contributed by atoms with Crippen LogP contribution in [0.25, 0.3) is 0 Å². The highest BCUT2D eigenvalue weighted by atomic mass is 16.8. The highest BCUT2D eigenvalue weighted by Crippen LogP contribution is 2.33. The zero-order chi connectivity index (χ0) is 52.0. The molecule has 0 aliphatic carbocycles. The molecule has 3 aliphatic heterocycles. The summed E-state index contributed by atoms with van der Waals surface area (Å²) in [6, 6.07) is -0.982. The fraction of sp³-hybridized carbons (Fsp3) is 0.904. The van der Waals surface area contributed by atoms with Gasteiger partial charge < -0.3 is 89.9 Å². The number of unbranched alkanes of at least 4 members (excludes halogenated alkanes) is 20. The van der Waals surface area contributed by atoms with E-state index in [4.69, 9.17) is 28.4 Å². The molecule has 0 aromatic carbocycles. The Labute approximate surface area is 422 Å².